The zero-order chi connectivity index (χ0) is 11.6. The van der Waals surface area contributed by atoms with Crippen molar-refractivity contribution < 1.29 is 18.7 Å². The van der Waals surface area contributed by atoms with Crippen molar-refractivity contribution in [3.05, 3.63) is 23.0 Å². The fourth-order valence-electron chi connectivity index (χ4n) is 1.08. The number of alkyl halides is 2. The number of nitrogens with zero attached hydrogens (tertiary/aromatic N) is 1. The number of nitrogens with two attached hydrogens (primary N) is 2. The summed E-state index contributed by atoms with van der Waals surface area (Å²) in [4.78, 5) is 14.0. The highest BCUT2D eigenvalue weighted by atomic mass is 19.3. The van der Waals surface area contributed by atoms with Gasteiger partial charge in [-0.2, -0.15) is 0 Å². The van der Waals surface area contributed by atoms with Gasteiger partial charge in [-0.05, 0) is 6.07 Å². The van der Waals surface area contributed by atoms with Gasteiger partial charge in [-0.15, -0.1) is 0 Å². The molecular weight excluding hydrogens is 208 g/mol. The van der Waals surface area contributed by atoms with E-state index in [9.17, 15) is 13.6 Å². The van der Waals surface area contributed by atoms with Crippen LogP contribution in [0.2, 0.25) is 0 Å². The summed E-state index contributed by atoms with van der Waals surface area (Å²) in [6, 6.07) is 0.943. The molecule has 0 atom stereocenters. The predicted molar refractivity (Wildman–Crippen MR) is 48.5 cm³/mol. The lowest BCUT2D eigenvalue weighted by atomic mass is 10.1. The van der Waals surface area contributed by atoms with Crippen LogP contribution in [0.1, 0.15) is 28.2 Å². The van der Waals surface area contributed by atoms with Gasteiger partial charge in [0.2, 0.25) is 0 Å². The number of pyridine rings is 1. The Labute approximate surface area is 83.7 Å². The third-order valence-electron chi connectivity index (χ3n) is 1.79. The molecule has 15 heavy (non-hydrogen) atoms. The van der Waals surface area contributed by atoms with Crippen molar-refractivity contribution in [2.24, 2.45) is 5.73 Å². The van der Waals surface area contributed by atoms with Gasteiger partial charge >= 0.3 is 5.97 Å². The summed E-state index contributed by atoms with van der Waals surface area (Å²) in [5.41, 5.74) is 9.26. The Balaban J connectivity index is 3.38. The highest BCUT2D eigenvalue weighted by Crippen LogP contribution is 2.24. The average Bonchev–Trinajstić information content (AvgIpc) is 2.16. The minimum absolute atomic E-state index is 0.000648. The number of nitrogen functional groups attached to an aromatic ring is 1. The summed E-state index contributed by atoms with van der Waals surface area (Å²) in [7, 11) is 0. The maximum atomic E-state index is 12.4. The first-order valence-electron chi connectivity index (χ1n) is 3.98. The number of carbonyl (C=O) groups is 1. The number of aromatic carboxylic acids is 1. The van der Waals surface area contributed by atoms with Crippen molar-refractivity contribution in [2.45, 2.75) is 13.0 Å². The fraction of sp³-hybridized carbons (Fsp3) is 0.250. The smallest absolute Gasteiger partial charge is 0.337 e. The Kier molecular flexibility index (Phi) is 3.15. The van der Waals surface area contributed by atoms with Gasteiger partial charge in [0, 0.05) is 6.54 Å². The van der Waals surface area contributed by atoms with Crippen molar-refractivity contribution in [1.29, 1.82) is 0 Å². The molecule has 5 N–H and O–H groups in total. The fourth-order valence-corrected chi connectivity index (χ4v) is 1.08. The highest BCUT2D eigenvalue weighted by molar-refractivity contribution is 5.90. The van der Waals surface area contributed by atoms with Crippen molar-refractivity contribution >= 4 is 11.7 Å². The Morgan fingerprint density at radius 2 is 2.20 bits per heavy atom. The van der Waals surface area contributed by atoms with Crippen LogP contribution in [0.25, 0.3) is 0 Å². The van der Waals surface area contributed by atoms with Crippen LogP contribution in [0.4, 0.5) is 14.5 Å². The van der Waals surface area contributed by atoms with Gasteiger partial charge < -0.3 is 16.6 Å². The van der Waals surface area contributed by atoms with E-state index >= 15 is 0 Å². The molecule has 1 rings (SSSR count). The lowest BCUT2D eigenvalue weighted by Crippen LogP contribution is -2.12. The van der Waals surface area contributed by atoms with E-state index in [0.29, 0.717) is 0 Å². The molecule has 0 bridgehead atoms. The first-order valence-corrected chi connectivity index (χ1v) is 3.98. The van der Waals surface area contributed by atoms with Gasteiger partial charge in [0.1, 0.15) is 5.69 Å². The van der Waals surface area contributed by atoms with Crippen LogP contribution in [0.15, 0.2) is 6.07 Å². The quantitative estimate of drug-likeness (QED) is 0.693. The molecule has 0 aliphatic heterocycles. The summed E-state index contributed by atoms with van der Waals surface area (Å²) in [5, 5.41) is 8.64. The second-order valence-corrected chi connectivity index (χ2v) is 2.77. The standard InChI is InChI=1S/C8H9F2N3O2/c9-7(10)6-3(8(14)15)1-4(12)5(2-11)13-6/h1,7H,2,11-12H2,(H,14,15). The van der Waals surface area contributed by atoms with Crippen LogP contribution in [0.5, 0.6) is 0 Å². The molecule has 5 nitrogen and oxygen atoms in total. The Morgan fingerprint density at radius 3 is 2.60 bits per heavy atom. The van der Waals surface area contributed by atoms with Crippen molar-refractivity contribution in [2.75, 3.05) is 5.73 Å². The minimum Gasteiger partial charge on any atom is -0.478 e. The monoisotopic (exact) mass is 217 g/mol. The molecule has 1 aromatic rings. The number of carboxylic acids is 1. The molecule has 0 fully saturated rings. The van der Waals surface area contributed by atoms with Crippen LogP contribution >= 0.6 is 0 Å². The predicted octanol–water partition coefficient (Wildman–Crippen LogP) is 0.758. The van der Waals surface area contributed by atoms with E-state index in [1.807, 2.05) is 0 Å². The Hall–Kier alpha value is -1.76. The maximum Gasteiger partial charge on any atom is 0.337 e. The summed E-state index contributed by atoms with van der Waals surface area (Å²) in [6.45, 7) is -0.120. The molecular formula is C8H9F2N3O2. The highest BCUT2D eigenvalue weighted by Gasteiger charge is 2.21. The summed E-state index contributed by atoms with van der Waals surface area (Å²) in [6.07, 6.45) is -2.97. The zero-order valence-electron chi connectivity index (χ0n) is 7.58. The van der Waals surface area contributed by atoms with Gasteiger partial charge in [-0.3, -0.25) is 0 Å². The molecule has 7 heteroatoms. The molecule has 1 heterocycles. The number of anilines is 1. The average molecular weight is 217 g/mol. The normalized spacial score (nSPS) is 10.7. The Morgan fingerprint density at radius 1 is 1.60 bits per heavy atom. The van der Waals surface area contributed by atoms with E-state index < -0.39 is 23.7 Å². The molecule has 0 unspecified atom stereocenters. The first kappa shape index (κ1) is 11.3. The largest absolute Gasteiger partial charge is 0.478 e. The first-order chi connectivity index (χ1) is 6.97. The van der Waals surface area contributed by atoms with E-state index in [0.717, 1.165) is 6.07 Å². The topological polar surface area (TPSA) is 102 Å². The van der Waals surface area contributed by atoms with E-state index in [-0.39, 0.29) is 17.9 Å². The van der Waals surface area contributed by atoms with Crippen molar-refractivity contribution in [1.82, 2.24) is 4.98 Å². The summed E-state index contributed by atoms with van der Waals surface area (Å²) < 4.78 is 24.9. The van der Waals surface area contributed by atoms with Crippen LogP contribution < -0.4 is 11.5 Å². The van der Waals surface area contributed by atoms with E-state index in [4.69, 9.17) is 16.6 Å². The van der Waals surface area contributed by atoms with Crippen molar-refractivity contribution in [3.63, 3.8) is 0 Å². The van der Waals surface area contributed by atoms with Crippen LogP contribution in [0.3, 0.4) is 0 Å². The number of hydrogen-bond acceptors (Lipinski definition) is 4. The molecule has 0 aliphatic carbocycles. The second kappa shape index (κ2) is 4.18. The molecule has 0 spiro atoms. The van der Waals surface area contributed by atoms with E-state index in [1.54, 1.807) is 0 Å². The van der Waals surface area contributed by atoms with Gasteiger partial charge in [0.05, 0.1) is 16.9 Å². The molecule has 0 aliphatic rings. The molecule has 1 aromatic heterocycles. The molecule has 0 amide bonds. The zero-order valence-corrected chi connectivity index (χ0v) is 7.58. The van der Waals surface area contributed by atoms with E-state index in [2.05, 4.69) is 4.98 Å². The lowest BCUT2D eigenvalue weighted by Gasteiger charge is -2.08. The van der Waals surface area contributed by atoms with Crippen LogP contribution in [0, 0.1) is 0 Å². The number of aromatic nitrogens is 1. The summed E-state index contributed by atoms with van der Waals surface area (Å²) in [5.74, 6) is -1.49. The van der Waals surface area contributed by atoms with Crippen LogP contribution in [-0.4, -0.2) is 16.1 Å². The van der Waals surface area contributed by atoms with Gasteiger partial charge in [-0.1, -0.05) is 0 Å². The number of carboxylic acid groups (broad SMARTS) is 1. The minimum atomic E-state index is -2.97. The molecule has 82 valence electrons. The molecule has 0 saturated heterocycles. The number of rotatable bonds is 3. The van der Waals surface area contributed by atoms with Gasteiger partial charge in [-0.25, -0.2) is 18.6 Å². The number of hydrogen-bond donors (Lipinski definition) is 3. The van der Waals surface area contributed by atoms with Crippen molar-refractivity contribution in [3.8, 4) is 0 Å². The molecule has 0 radical (unpaired) electrons. The van der Waals surface area contributed by atoms with Crippen LogP contribution in [-0.2, 0) is 6.54 Å². The molecule has 0 aromatic carbocycles. The third kappa shape index (κ3) is 2.18. The Bertz CT molecular complexity index is 396. The third-order valence-corrected chi connectivity index (χ3v) is 1.79. The summed E-state index contributed by atoms with van der Waals surface area (Å²) >= 11 is 0. The maximum absolute atomic E-state index is 12.4. The molecule has 0 saturated carbocycles. The SMILES string of the molecule is NCc1nc(C(F)F)c(C(=O)O)cc1N. The lowest BCUT2D eigenvalue weighted by molar-refractivity contribution is 0.0682. The van der Waals surface area contributed by atoms with E-state index in [1.165, 1.54) is 0 Å². The number of halogens is 2. The second-order valence-electron chi connectivity index (χ2n) is 2.77. The van der Waals surface area contributed by atoms with Gasteiger partial charge in [0.25, 0.3) is 6.43 Å². The van der Waals surface area contributed by atoms with Gasteiger partial charge in [0.15, 0.2) is 0 Å².